The molecule has 0 saturated carbocycles. The van der Waals surface area contributed by atoms with Gasteiger partial charge in [-0.1, -0.05) is 0 Å². The van der Waals surface area contributed by atoms with Crippen LogP contribution in [0, 0.1) is 13.8 Å². The van der Waals surface area contributed by atoms with Crippen LogP contribution in [0.25, 0.3) is 10.9 Å². The SMILES string of the molecule is COc1ccc2c(ccn2CCNC(=O)CCCn2c(C)cc(C)nc2=O)c1. The second-order valence-electron chi connectivity index (χ2n) is 6.86. The molecule has 0 aliphatic heterocycles. The predicted molar refractivity (Wildman–Crippen MR) is 109 cm³/mol. The summed E-state index contributed by atoms with van der Waals surface area (Å²) in [5.41, 5.74) is 2.44. The average molecular weight is 382 g/mol. The fraction of sp³-hybridized carbons (Fsp3) is 0.381. The molecular weight excluding hydrogens is 356 g/mol. The zero-order valence-electron chi connectivity index (χ0n) is 16.6. The van der Waals surface area contributed by atoms with Crippen molar-refractivity contribution in [2.24, 2.45) is 0 Å². The number of aromatic nitrogens is 3. The Balaban J connectivity index is 1.46. The van der Waals surface area contributed by atoms with Gasteiger partial charge in [-0.05, 0) is 50.6 Å². The van der Waals surface area contributed by atoms with E-state index >= 15 is 0 Å². The Hall–Kier alpha value is -3.09. The Morgan fingerprint density at radius 1 is 1.18 bits per heavy atom. The fourth-order valence-corrected chi connectivity index (χ4v) is 3.35. The predicted octanol–water partition coefficient (Wildman–Crippen LogP) is 2.42. The number of hydrogen-bond donors (Lipinski definition) is 1. The number of carbonyl (C=O) groups excluding carboxylic acids is 1. The normalized spacial score (nSPS) is 11.0. The number of nitrogens with zero attached hydrogens (tertiary/aromatic N) is 3. The molecule has 2 aromatic heterocycles. The van der Waals surface area contributed by atoms with E-state index in [1.54, 1.807) is 18.6 Å². The number of ether oxygens (including phenoxy) is 1. The molecule has 0 radical (unpaired) electrons. The van der Waals surface area contributed by atoms with Crippen molar-refractivity contribution in [3.63, 3.8) is 0 Å². The summed E-state index contributed by atoms with van der Waals surface area (Å²) in [7, 11) is 1.65. The van der Waals surface area contributed by atoms with Crippen LogP contribution in [-0.2, 0) is 17.9 Å². The van der Waals surface area contributed by atoms with Crippen LogP contribution in [0.15, 0.2) is 41.3 Å². The highest BCUT2D eigenvalue weighted by atomic mass is 16.5. The van der Waals surface area contributed by atoms with Gasteiger partial charge in [0, 0.05) is 54.5 Å². The maximum atomic E-state index is 12.1. The van der Waals surface area contributed by atoms with Gasteiger partial charge in [-0.3, -0.25) is 9.36 Å². The van der Waals surface area contributed by atoms with Crippen molar-refractivity contribution in [3.05, 3.63) is 58.4 Å². The van der Waals surface area contributed by atoms with Gasteiger partial charge in [0.2, 0.25) is 5.91 Å². The molecule has 0 saturated heterocycles. The lowest BCUT2D eigenvalue weighted by molar-refractivity contribution is -0.121. The zero-order valence-corrected chi connectivity index (χ0v) is 16.6. The van der Waals surface area contributed by atoms with E-state index < -0.39 is 0 Å². The minimum Gasteiger partial charge on any atom is -0.497 e. The quantitative estimate of drug-likeness (QED) is 0.649. The van der Waals surface area contributed by atoms with Gasteiger partial charge >= 0.3 is 5.69 Å². The van der Waals surface area contributed by atoms with Gasteiger partial charge < -0.3 is 14.6 Å². The highest BCUT2D eigenvalue weighted by molar-refractivity contribution is 5.81. The van der Waals surface area contributed by atoms with Crippen LogP contribution >= 0.6 is 0 Å². The van der Waals surface area contributed by atoms with Crippen LogP contribution in [0.4, 0.5) is 0 Å². The van der Waals surface area contributed by atoms with Gasteiger partial charge in [0.05, 0.1) is 7.11 Å². The molecule has 0 fully saturated rings. The summed E-state index contributed by atoms with van der Waals surface area (Å²) in [6.07, 6.45) is 2.99. The number of methoxy groups -OCH3 is 1. The van der Waals surface area contributed by atoms with Crippen molar-refractivity contribution in [1.29, 1.82) is 0 Å². The maximum absolute atomic E-state index is 12.1. The highest BCUT2D eigenvalue weighted by Gasteiger charge is 2.06. The third kappa shape index (κ3) is 4.60. The van der Waals surface area contributed by atoms with Gasteiger partial charge in [-0.2, -0.15) is 4.98 Å². The first-order chi connectivity index (χ1) is 13.5. The fourth-order valence-electron chi connectivity index (χ4n) is 3.35. The van der Waals surface area contributed by atoms with Crippen molar-refractivity contribution < 1.29 is 9.53 Å². The standard InChI is InChI=1S/C21H26N4O3/c1-15-13-16(2)25(21(27)23-15)10-4-5-20(26)22-9-12-24-11-8-17-14-18(28-3)6-7-19(17)24/h6-8,11,13-14H,4-5,9-10,12H2,1-3H3,(H,22,26). The highest BCUT2D eigenvalue weighted by Crippen LogP contribution is 2.21. The van der Waals surface area contributed by atoms with Gasteiger partial charge in [-0.15, -0.1) is 0 Å². The average Bonchev–Trinajstić information content (AvgIpc) is 3.06. The Kier molecular flexibility index (Phi) is 6.13. The summed E-state index contributed by atoms with van der Waals surface area (Å²) < 4.78 is 8.96. The number of rotatable bonds is 8. The number of carbonyl (C=O) groups is 1. The van der Waals surface area contributed by atoms with E-state index in [1.807, 2.05) is 43.5 Å². The molecule has 0 aliphatic rings. The number of nitrogens with one attached hydrogen (secondary N) is 1. The monoisotopic (exact) mass is 382 g/mol. The number of aryl methyl sites for hydroxylation is 2. The smallest absolute Gasteiger partial charge is 0.347 e. The molecule has 1 amide bonds. The van der Waals surface area contributed by atoms with Crippen LogP contribution in [-0.4, -0.2) is 33.7 Å². The number of fused-ring (bicyclic) bond motifs is 1. The molecule has 3 rings (SSSR count). The molecule has 28 heavy (non-hydrogen) atoms. The summed E-state index contributed by atoms with van der Waals surface area (Å²) in [5, 5.41) is 4.05. The molecule has 7 heteroatoms. The maximum Gasteiger partial charge on any atom is 0.347 e. The first-order valence-corrected chi connectivity index (χ1v) is 9.42. The van der Waals surface area contributed by atoms with Gasteiger partial charge in [0.15, 0.2) is 0 Å². The lowest BCUT2D eigenvalue weighted by Gasteiger charge is -2.10. The lowest BCUT2D eigenvalue weighted by Crippen LogP contribution is -2.29. The summed E-state index contributed by atoms with van der Waals surface area (Å²) >= 11 is 0. The molecule has 2 heterocycles. The van der Waals surface area contributed by atoms with Crippen LogP contribution < -0.4 is 15.7 Å². The van der Waals surface area contributed by atoms with Crippen LogP contribution in [0.3, 0.4) is 0 Å². The molecule has 148 valence electrons. The topological polar surface area (TPSA) is 78.2 Å². The lowest BCUT2D eigenvalue weighted by atomic mass is 10.2. The van der Waals surface area contributed by atoms with Crippen molar-refractivity contribution in [1.82, 2.24) is 19.4 Å². The Bertz CT molecular complexity index is 1040. The molecule has 1 aromatic carbocycles. The van der Waals surface area contributed by atoms with E-state index in [-0.39, 0.29) is 11.6 Å². The van der Waals surface area contributed by atoms with Gasteiger partial charge in [0.1, 0.15) is 5.75 Å². The Labute approximate surface area is 164 Å². The van der Waals surface area contributed by atoms with Crippen molar-refractivity contribution >= 4 is 16.8 Å². The minimum atomic E-state index is -0.256. The van der Waals surface area contributed by atoms with E-state index in [0.29, 0.717) is 38.2 Å². The summed E-state index contributed by atoms with van der Waals surface area (Å²) in [4.78, 5) is 28.0. The van der Waals surface area contributed by atoms with E-state index in [9.17, 15) is 9.59 Å². The molecular formula is C21H26N4O3. The molecule has 7 nitrogen and oxygen atoms in total. The third-order valence-electron chi connectivity index (χ3n) is 4.79. The number of hydrogen-bond acceptors (Lipinski definition) is 4. The molecule has 0 unspecified atom stereocenters. The van der Waals surface area contributed by atoms with E-state index in [0.717, 1.165) is 22.3 Å². The molecule has 0 atom stereocenters. The molecule has 1 N–H and O–H groups in total. The third-order valence-corrected chi connectivity index (χ3v) is 4.79. The van der Waals surface area contributed by atoms with Crippen molar-refractivity contribution in [3.8, 4) is 5.75 Å². The van der Waals surface area contributed by atoms with Gasteiger partial charge in [-0.25, -0.2) is 4.79 Å². The molecule has 3 aromatic rings. The van der Waals surface area contributed by atoms with Crippen LogP contribution in [0.2, 0.25) is 0 Å². The Morgan fingerprint density at radius 2 is 2.00 bits per heavy atom. The Morgan fingerprint density at radius 3 is 2.75 bits per heavy atom. The van der Waals surface area contributed by atoms with E-state index in [4.69, 9.17) is 4.74 Å². The first-order valence-electron chi connectivity index (χ1n) is 9.42. The number of amides is 1. The number of benzene rings is 1. The van der Waals surface area contributed by atoms with Crippen LogP contribution in [0.1, 0.15) is 24.2 Å². The van der Waals surface area contributed by atoms with Crippen molar-refractivity contribution in [2.75, 3.05) is 13.7 Å². The summed E-state index contributed by atoms with van der Waals surface area (Å²) in [6, 6.07) is 9.86. The van der Waals surface area contributed by atoms with Crippen LogP contribution in [0.5, 0.6) is 5.75 Å². The largest absolute Gasteiger partial charge is 0.497 e. The second-order valence-corrected chi connectivity index (χ2v) is 6.86. The molecule has 0 aliphatic carbocycles. The minimum absolute atomic E-state index is 0.0103. The molecule has 0 bridgehead atoms. The van der Waals surface area contributed by atoms with E-state index in [2.05, 4.69) is 14.9 Å². The molecule has 0 spiro atoms. The van der Waals surface area contributed by atoms with Crippen molar-refractivity contribution in [2.45, 2.75) is 39.8 Å². The first kappa shape index (κ1) is 19.7. The zero-order chi connectivity index (χ0) is 20.1. The van der Waals surface area contributed by atoms with Gasteiger partial charge in [0.25, 0.3) is 0 Å². The van der Waals surface area contributed by atoms with E-state index in [1.165, 1.54) is 0 Å². The summed E-state index contributed by atoms with van der Waals surface area (Å²) in [6.45, 7) is 5.43. The second kappa shape index (κ2) is 8.73. The summed E-state index contributed by atoms with van der Waals surface area (Å²) in [5.74, 6) is 0.820.